The maximum Gasteiger partial charge on any atom is 0.119 e. The zero-order valence-corrected chi connectivity index (χ0v) is 14.0. The van der Waals surface area contributed by atoms with Crippen molar-refractivity contribution in [3.05, 3.63) is 30.3 Å². The van der Waals surface area contributed by atoms with E-state index in [-0.39, 0.29) is 0 Å². The Balaban J connectivity index is 1.64. The molecule has 1 aromatic rings. The molecule has 0 amide bonds. The molecule has 1 atom stereocenters. The third kappa shape index (κ3) is 5.59. The predicted molar refractivity (Wildman–Crippen MR) is 90.5 cm³/mol. The molecule has 124 valence electrons. The molecule has 2 rings (SSSR count). The summed E-state index contributed by atoms with van der Waals surface area (Å²) in [5.41, 5.74) is 0. The van der Waals surface area contributed by atoms with E-state index in [2.05, 4.69) is 16.7 Å². The number of hydrogen-bond donors (Lipinski definition) is 0. The minimum Gasteiger partial charge on any atom is -0.494 e. The predicted octanol–water partition coefficient (Wildman–Crippen LogP) is 2.50. The average molecular weight is 306 g/mol. The van der Waals surface area contributed by atoms with Crippen LogP contribution in [0.3, 0.4) is 0 Å². The molecular formula is C18H30N2O2. The van der Waals surface area contributed by atoms with E-state index in [9.17, 15) is 0 Å². The highest BCUT2D eigenvalue weighted by atomic mass is 16.5. The SMILES string of the molecule is CC[C@@H]1CN(CCCOc2ccccc2)CCN1CCOC. The molecule has 1 saturated heterocycles. The summed E-state index contributed by atoms with van der Waals surface area (Å²) in [6.07, 6.45) is 2.30. The fourth-order valence-electron chi connectivity index (χ4n) is 3.05. The number of hydrogen-bond acceptors (Lipinski definition) is 4. The highest BCUT2D eigenvalue weighted by Crippen LogP contribution is 2.13. The maximum absolute atomic E-state index is 5.77. The van der Waals surface area contributed by atoms with Crippen molar-refractivity contribution >= 4 is 0 Å². The van der Waals surface area contributed by atoms with Crippen molar-refractivity contribution < 1.29 is 9.47 Å². The van der Waals surface area contributed by atoms with E-state index in [1.807, 2.05) is 30.3 Å². The maximum atomic E-state index is 5.77. The van der Waals surface area contributed by atoms with E-state index in [0.29, 0.717) is 6.04 Å². The Bertz CT molecular complexity index is 399. The van der Waals surface area contributed by atoms with E-state index < -0.39 is 0 Å². The summed E-state index contributed by atoms with van der Waals surface area (Å²) in [6, 6.07) is 10.7. The Morgan fingerprint density at radius 2 is 1.91 bits per heavy atom. The van der Waals surface area contributed by atoms with Crippen molar-refractivity contribution in [1.82, 2.24) is 9.80 Å². The fraction of sp³-hybridized carbons (Fsp3) is 0.667. The van der Waals surface area contributed by atoms with Crippen LogP contribution in [0.15, 0.2) is 30.3 Å². The fourth-order valence-corrected chi connectivity index (χ4v) is 3.05. The first-order valence-electron chi connectivity index (χ1n) is 8.46. The van der Waals surface area contributed by atoms with Gasteiger partial charge in [0, 0.05) is 45.9 Å². The molecule has 0 spiro atoms. The molecule has 1 fully saturated rings. The third-order valence-electron chi connectivity index (χ3n) is 4.37. The van der Waals surface area contributed by atoms with Gasteiger partial charge in [-0.3, -0.25) is 4.90 Å². The standard InChI is InChI=1S/C18H30N2O2/c1-3-17-16-19(11-12-20(17)13-15-21-2)10-7-14-22-18-8-5-4-6-9-18/h4-6,8-9,17H,3,7,10-16H2,1-2H3/t17-/m1/s1. The van der Waals surface area contributed by atoms with E-state index in [1.54, 1.807) is 7.11 Å². The summed E-state index contributed by atoms with van der Waals surface area (Å²) in [7, 11) is 1.78. The lowest BCUT2D eigenvalue weighted by atomic mass is 10.1. The van der Waals surface area contributed by atoms with Crippen LogP contribution in [0.25, 0.3) is 0 Å². The summed E-state index contributed by atoms with van der Waals surface area (Å²) < 4.78 is 11.0. The first-order valence-corrected chi connectivity index (χ1v) is 8.46. The summed E-state index contributed by atoms with van der Waals surface area (Å²) in [4.78, 5) is 5.15. The Hall–Kier alpha value is -1.10. The minimum absolute atomic E-state index is 0.666. The van der Waals surface area contributed by atoms with Gasteiger partial charge in [0.2, 0.25) is 0 Å². The average Bonchev–Trinajstić information content (AvgIpc) is 2.58. The molecule has 0 aliphatic carbocycles. The molecule has 1 aromatic carbocycles. The largest absolute Gasteiger partial charge is 0.494 e. The second-order valence-electron chi connectivity index (χ2n) is 5.91. The molecule has 0 radical (unpaired) electrons. The van der Waals surface area contributed by atoms with Gasteiger partial charge < -0.3 is 14.4 Å². The number of benzene rings is 1. The highest BCUT2D eigenvalue weighted by molar-refractivity contribution is 5.20. The number of ether oxygens (including phenoxy) is 2. The van der Waals surface area contributed by atoms with Gasteiger partial charge in [-0.15, -0.1) is 0 Å². The number of rotatable bonds is 9. The molecule has 0 aromatic heterocycles. The Kier molecular flexibility index (Phi) is 7.71. The zero-order chi connectivity index (χ0) is 15.6. The number of methoxy groups -OCH3 is 1. The molecule has 4 heteroatoms. The Morgan fingerprint density at radius 3 is 2.64 bits per heavy atom. The molecule has 22 heavy (non-hydrogen) atoms. The van der Waals surface area contributed by atoms with Crippen molar-refractivity contribution in [3.63, 3.8) is 0 Å². The first kappa shape index (κ1) is 17.3. The summed E-state index contributed by atoms with van der Waals surface area (Å²) in [6.45, 7) is 9.58. The smallest absolute Gasteiger partial charge is 0.119 e. The van der Waals surface area contributed by atoms with Crippen LogP contribution in [0.1, 0.15) is 19.8 Å². The lowest BCUT2D eigenvalue weighted by Crippen LogP contribution is -2.53. The van der Waals surface area contributed by atoms with Gasteiger partial charge in [0.15, 0.2) is 0 Å². The lowest BCUT2D eigenvalue weighted by molar-refractivity contribution is 0.0478. The van der Waals surface area contributed by atoms with Gasteiger partial charge in [0.05, 0.1) is 13.2 Å². The third-order valence-corrected chi connectivity index (χ3v) is 4.37. The number of nitrogens with zero attached hydrogens (tertiary/aromatic N) is 2. The Labute approximate surface area is 135 Å². The van der Waals surface area contributed by atoms with Crippen LogP contribution >= 0.6 is 0 Å². The van der Waals surface area contributed by atoms with Crippen molar-refractivity contribution in [2.45, 2.75) is 25.8 Å². The van der Waals surface area contributed by atoms with Crippen molar-refractivity contribution in [1.29, 1.82) is 0 Å². The van der Waals surface area contributed by atoms with Gasteiger partial charge in [0.1, 0.15) is 5.75 Å². The minimum atomic E-state index is 0.666. The van der Waals surface area contributed by atoms with E-state index in [4.69, 9.17) is 9.47 Å². The normalized spacial score (nSPS) is 20.2. The van der Waals surface area contributed by atoms with E-state index in [0.717, 1.165) is 51.6 Å². The van der Waals surface area contributed by atoms with Crippen molar-refractivity contribution in [2.24, 2.45) is 0 Å². The van der Waals surface area contributed by atoms with Crippen molar-refractivity contribution in [3.8, 4) is 5.75 Å². The summed E-state index contributed by atoms with van der Waals surface area (Å²) in [5, 5.41) is 0. The molecule has 0 bridgehead atoms. The number of para-hydroxylation sites is 1. The van der Waals surface area contributed by atoms with Crippen LogP contribution in [0.4, 0.5) is 0 Å². The second-order valence-corrected chi connectivity index (χ2v) is 5.91. The zero-order valence-electron chi connectivity index (χ0n) is 14.0. The Morgan fingerprint density at radius 1 is 1.09 bits per heavy atom. The summed E-state index contributed by atoms with van der Waals surface area (Å²) in [5.74, 6) is 0.971. The van der Waals surface area contributed by atoms with Crippen LogP contribution in [0.5, 0.6) is 5.75 Å². The molecular weight excluding hydrogens is 276 g/mol. The van der Waals surface area contributed by atoms with Crippen LogP contribution in [0, 0.1) is 0 Å². The molecule has 4 nitrogen and oxygen atoms in total. The van der Waals surface area contributed by atoms with E-state index in [1.165, 1.54) is 13.0 Å². The van der Waals surface area contributed by atoms with Gasteiger partial charge in [-0.05, 0) is 25.0 Å². The molecule has 0 unspecified atom stereocenters. The highest BCUT2D eigenvalue weighted by Gasteiger charge is 2.24. The van der Waals surface area contributed by atoms with Gasteiger partial charge in [-0.25, -0.2) is 0 Å². The van der Waals surface area contributed by atoms with Gasteiger partial charge in [-0.2, -0.15) is 0 Å². The first-order chi connectivity index (χ1) is 10.8. The number of piperazine rings is 1. The monoisotopic (exact) mass is 306 g/mol. The molecule has 1 aliphatic rings. The molecule has 1 heterocycles. The lowest BCUT2D eigenvalue weighted by Gasteiger charge is -2.41. The summed E-state index contributed by atoms with van der Waals surface area (Å²) >= 11 is 0. The van der Waals surface area contributed by atoms with E-state index >= 15 is 0 Å². The van der Waals surface area contributed by atoms with Gasteiger partial charge in [0.25, 0.3) is 0 Å². The topological polar surface area (TPSA) is 24.9 Å². The molecule has 0 saturated carbocycles. The molecule has 1 aliphatic heterocycles. The van der Waals surface area contributed by atoms with Crippen LogP contribution < -0.4 is 4.74 Å². The van der Waals surface area contributed by atoms with Gasteiger partial charge in [-0.1, -0.05) is 25.1 Å². The van der Waals surface area contributed by atoms with Crippen LogP contribution in [-0.2, 0) is 4.74 Å². The van der Waals surface area contributed by atoms with Crippen LogP contribution in [-0.4, -0.2) is 68.9 Å². The second kappa shape index (κ2) is 9.82. The quantitative estimate of drug-likeness (QED) is 0.655. The van der Waals surface area contributed by atoms with Crippen molar-refractivity contribution in [2.75, 3.05) is 53.0 Å². The molecule has 0 N–H and O–H groups in total. The van der Waals surface area contributed by atoms with Gasteiger partial charge >= 0.3 is 0 Å². The van der Waals surface area contributed by atoms with Crippen LogP contribution in [0.2, 0.25) is 0 Å².